The van der Waals surface area contributed by atoms with Gasteiger partial charge < -0.3 is 5.73 Å². The Morgan fingerprint density at radius 3 is 2.38 bits per heavy atom. The Morgan fingerprint density at radius 1 is 1.06 bits per heavy atom. The highest BCUT2D eigenvalue weighted by Crippen LogP contribution is 2.20. The number of hydrogen-bond acceptors (Lipinski definition) is 1. The van der Waals surface area contributed by atoms with E-state index in [1.165, 1.54) is 0 Å². The Hall–Kier alpha value is -1.25. The third-order valence-electron chi connectivity index (χ3n) is 2.28. The number of nitrogens with zero attached hydrogens (tertiary/aromatic N) is 1. The van der Waals surface area contributed by atoms with Crippen molar-refractivity contribution in [2.45, 2.75) is 6.54 Å². The SMILES string of the molecule is Nc1cc[n+](Cc2ccc(Cl)cc2Cl)cc1. The minimum atomic E-state index is 0.649. The van der Waals surface area contributed by atoms with Gasteiger partial charge in [0.25, 0.3) is 0 Å². The smallest absolute Gasteiger partial charge is 0.175 e. The standard InChI is InChI=1S/C12H10Cl2N2/c13-10-2-1-9(12(14)7-10)8-16-5-3-11(15)4-6-16/h1-7,15H,8H2/p+1. The van der Waals surface area contributed by atoms with Crippen molar-refractivity contribution in [1.29, 1.82) is 0 Å². The van der Waals surface area contributed by atoms with Gasteiger partial charge in [0.05, 0.1) is 5.02 Å². The van der Waals surface area contributed by atoms with Gasteiger partial charge in [0.15, 0.2) is 18.9 Å². The van der Waals surface area contributed by atoms with Gasteiger partial charge in [-0.05, 0) is 18.2 Å². The van der Waals surface area contributed by atoms with E-state index < -0.39 is 0 Å². The van der Waals surface area contributed by atoms with Gasteiger partial charge in [-0.3, -0.25) is 0 Å². The second kappa shape index (κ2) is 4.73. The minimum absolute atomic E-state index is 0.649. The minimum Gasteiger partial charge on any atom is -0.398 e. The summed E-state index contributed by atoms with van der Waals surface area (Å²) in [5, 5.41) is 1.33. The molecule has 0 fully saturated rings. The van der Waals surface area contributed by atoms with E-state index in [1.807, 2.05) is 41.2 Å². The molecule has 0 aliphatic rings. The molecule has 0 aliphatic carbocycles. The highest BCUT2D eigenvalue weighted by Gasteiger charge is 2.06. The van der Waals surface area contributed by atoms with E-state index in [0.29, 0.717) is 16.6 Å². The molecule has 1 aromatic carbocycles. The van der Waals surface area contributed by atoms with Crippen LogP contribution in [-0.4, -0.2) is 0 Å². The molecule has 2 N–H and O–H groups in total. The first-order valence-electron chi connectivity index (χ1n) is 4.83. The molecule has 1 heterocycles. The van der Waals surface area contributed by atoms with Crippen molar-refractivity contribution in [1.82, 2.24) is 0 Å². The maximum absolute atomic E-state index is 6.09. The summed E-state index contributed by atoms with van der Waals surface area (Å²) in [7, 11) is 0. The first kappa shape index (κ1) is 11.2. The summed E-state index contributed by atoms with van der Waals surface area (Å²) in [4.78, 5) is 0. The topological polar surface area (TPSA) is 29.9 Å². The highest BCUT2D eigenvalue weighted by atomic mass is 35.5. The summed E-state index contributed by atoms with van der Waals surface area (Å²) >= 11 is 11.9. The maximum atomic E-state index is 6.09. The van der Waals surface area contributed by atoms with Crippen LogP contribution >= 0.6 is 23.2 Å². The van der Waals surface area contributed by atoms with E-state index in [-0.39, 0.29) is 0 Å². The van der Waals surface area contributed by atoms with Gasteiger partial charge in [-0.1, -0.05) is 23.2 Å². The molecular formula is C12H11Cl2N2+. The summed E-state index contributed by atoms with van der Waals surface area (Å²) in [6.45, 7) is 0.705. The van der Waals surface area contributed by atoms with Gasteiger partial charge in [-0.2, -0.15) is 0 Å². The lowest BCUT2D eigenvalue weighted by Gasteiger charge is -2.01. The molecule has 0 amide bonds. The molecule has 2 aromatic rings. The lowest BCUT2D eigenvalue weighted by Crippen LogP contribution is -2.33. The molecule has 0 unspecified atom stereocenters. The van der Waals surface area contributed by atoms with Crippen LogP contribution in [0.3, 0.4) is 0 Å². The number of benzene rings is 1. The summed E-state index contributed by atoms with van der Waals surface area (Å²) in [5.74, 6) is 0. The van der Waals surface area contributed by atoms with Gasteiger partial charge in [-0.15, -0.1) is 0 Å². The first-order valence-corrected chi connectivity index (χ1v) is 5.59. The molecule has 0 saturated heterocycles. The third kappa shape index (κ3) is 2.65. The fourth-order valence-corrected chi connectivity index (χ4v) is 1.89. The van der Waals surface area contributed by atoms with Crippen LogP contribution in [-0.2, 0) is 6.54 Å². The second-order valence-corrected chi connectivity index (χ2v) is 4.38. The highest BCUT2D eigenvalue weighted by molar-refractivity contribution is 6.35. The molecule has 2 rings (SSSR count). The predicted molar refractivity (Wildman–Crippen MR) is 66.6 cm³/mol. The fourth-order valence-electron chi connectivity index (χ4n) is 1.42. The number of pyridine rings is 1. The predicted octanol–water partition coefficient (Wildman–Crippen LogP) is 2.91. The molecule has 4 heteroatoms. The van der Waals surface area contributed by atoms with Crippen LogP contribution in [0.4, 0.5) is 5.69 Å². The number of hydrogen-bond donors (Lipinski definition) is 1. The number of halogens is 2. The number of nitrogen functional groups attached to an aromatic ring is 1. The maximum Gasteiger partial charge on any atom is 0.175 e. The summed E-state index contributed by atoms with van der Waals surface area (Å²) in [5.41, 5.74) is 7.39. The summed E-state index contributed by atoms with van der Waals surface area (Å²) in [6.07, 6.45) is 3.83. The molecule has 0 saturated carbocycles. The zero-order chi connectivity index (χ0) is 11.5. The lowest BCUT2D eigenvalue weighted by atomic mass is 10.2. The third-order valence-corrected chi connectivity index (χ3v) is 2.87. The number of nitrogens with two attached hydrogens (primary N) is 1. The van der Waals surface area contributed by atoms with Crippen molar-refractivity contribution < 1.29 is 4.57 Å². The van der Waals surface area contributed by atoms with Gasteiger partial charge in [-0.25, -0.2) is 4.57 Å². The normalized spacial score (nSPS) is 10.4. The van der Waals surface area contributed by atoms with Crippen LogP contribution in [0, 0.1) is 0 Å². The van der Waals surface area contributed by atoms with Gasteiger partial charge in [0.1, 0.15) is 0 Å². The zero-order valence-corrected chi connectivity index (χ0v) is 10.0. The van der Waals surface area contributed by atoms with E-state index >= 15 is 0 Å². The molecule has 0 spiro atoms. The molecular weight excluding hydrogens is 243 g/mol. The molecule has 0 bridgehead atoms. The Labute approximate surface area is 104 Å². The summed E-state index contributed by atoms with van der Waals surface area (Å²) in [6, 6.07) is 9.21. The zero-order valence-electron chi connectivity index (χ0n) is 8.53. The number of anilines is 1. The van der Waals surface area contributed by atoms with Crippen molar-refractivity contribution in [2.24, 2.45) is 0 Å². The van der Waals surface area contributed by atoms with Crippen LogP contribution in [0.5, 0.6) is 0 Å². The monoisotopic (exact) mass is 253 g/mol. The molecule has 2 nitrogen and oxygen atoms in total. The number of aromatic nitrogens is 1. The van der Waals surface area contributed by atoms with Gasteiger partial charge in [0.2, 0.25) is 0 Å². The second-order valence-electron chi connectivity index (χ2n) is 3.54. The Bertz CT molecular complexity index is 495. The van der Waals surface area contributed by atoms with Crippen LogP contribution in [0.2, 0.25) is 10.0 Å². The molecule has 0 atom stereocenters. The Balaban J connectivity index is 2.23. The number of rotatable bonds is 2. The Kier molecular flexibility index (Phi) is 3.32. The van der Waals surface area contributed by atoms with Crippen LogP contribution in [0.25, 0.3) is 0 Å². The van der Waals surface area contributed by atoms with Crippen LogP contribution < -0.4 is 10.3 Å². The van der Waals surface area contributed by atoms with E-state index in [9.17, 15) is 0 Å². The Morgan fingerprint density at radius 2 is 1.75 bits per heavy atom. The van der Waals surface area contributed by atoms with Gasteiger partial charge in [0, 0.05) is 28.4 Å². The average Bonchev–Trinajstić information content (AvgIpc) is 2.25. The fraction of sp³-hybridized carbons (Fsp3) is 0.0833. The van der Waals surface area contributed by atoms with E-state index in [1.54, 1.807) is 6.07 Å². The average molecular weight is 254 g/mol. The first-order chi connectivity index (χ1) is 7.65. The quantitative estimate of drug-likeness (QED) is 0.820. The van der Waals surface area contributed by atoms with Crippen LogP contribution in [0.1, 0.15) is 5.56 Å². The van der Waals surface area contributed by atoms with Crippen molar-refractivity contribution >= 4 is 28.9 Å². The molecule has 0 aliphatic heterocycles. The van der Waals surface area contributed by atoms with Gasteiger partial charge >= 0.3 is 0 Å². The van der Waals surface area contributed by atoms with E-state index in [2.05, 4.69) is 0 Å². The van der Waals surface area contributed by atoms with E-state index in [4.69, 9.17) is 28.9 Å². The van der Waals surface area contributed by atoms with Crippen molar-refractivity contribution in [3.8, 4) is 0 Å². The molecule has 0 radical (unpaired) electrons. The van der Waals surface area contributed by atoms with Crippen molar-refractivity contribution in [3.05, 3.63) is 58.3 Å². The largest absolute Gasteiger partial charge is 0.398 e. The molecule has 16 heavy (non-hydrogen) atoms. The van der Waals surface area contributed by atoms with Crippen LogP contribution in [0.15, 0.2) is 42.7 Å². The van der Waals surface area contributed by atoms with Crippen molar-refractivity contribution in [3.63, 3.8) is 0 Å². The summed E-state index contributed by atoms with van der Waals surface area (Å²) < 4.78 is 2.01. The lowest BCUT2D eigenvalue weighted by molar-refractivity contribution is -0.688. The van der Waals surface area contributed by atoms with E-state index in [0.717, 1.165) is 11.3 Å². The molecule has 1 aromatic heterocycles. The molecule has 82 valence electrons. The van der Waals surface area contributed by atoms with Crippen molar-refractivity contribution in [2.75, 3.05) is 5.73 Å².